The summed E-state index contributed by atoms with van der Waals surface area (Å²) in [5.41, 5.74) is 1.45. The molecule has 1 aromatic heterocycles. The SMILES string of the molecule is C=CCOc1ccc(C2C(=C(O)c3ccc(OCC)cc3)C(=O)C(=O)N2c2nc3ccc(Cl)cc3s2)cc1OCC. The van der Waals surface area contributed by atoms with Crippen molar-refractivity contribution in [2.75, 3.05) is 24.7 Å². The highest BCUT2D eigenvalue weighted by Gasteiger charge is 2.48. The summed E-state index contributed by atoms with van der Waals surface area (Å²) < 4.78 is 17.8. The van der Waals surface area contributed by atoms with Crippen LogP contribution in [0.2, 0.25) is 5.02 Å². The lowest BCUT2D eigenvalue weighted by Gasteiger charge is -2.24. The molecule has 2 heterocycles. The van der Waals surface area contributed by atoms with Crippen LogP contribution < -0.4 is 19.1 Å². The zero-order valence-corrected chi connectivity index (χ0v) is 24.0. The summed E-state index contributed by atoms with van der Waals surface area (Å²) in [5.74, 6) is -0.428. The fourth-order valence-corrected chi connectivity index (χ4v) is 5.87. The second-order valence-electron chi connectivity index (χ2n) is 8.97. The second kappa shape index (κ2) is 12.0. The number of aliphatic hydroxyl groups excluding tert-OH is 1. The molecule has 10 heteroatoms. The molecular weight excluding hydrogens is 564 g/mol. The van der Waals surface area contributed by atoms with E-state index < -0.39 is 17.7 Å². The Bertz CT molecular complexity index is 1660. The van der Waals surface area contributed by atoms with Gasteiger partial charge in [-0.2, -0.15) is 0 Å². The molecule has 1 amide bonds. The normalized spacial score (nSPS) is 16.3. The first-order valence-corrected chi connectivity index (χ1v) is 14.2. The Morgan fingerprint density at radius 1 is 1.02 bits per heavy atom. The molecule has 5 rings (SSSR count). The Morgan fingerprint density at radius 2 is 1.78 bits per heavy atom. The number of fused-ring (bicyclic) bond motifs is 1. The monoisotopic (exact) mass is 590 g/mol. The molecule has 41 heavy (non-hydrogen) atoms. The van der Waals surface area contributed by atoms with E-state index in [4.69, 9.17) is 25.8 Å². The van der Waals surface area contributed by atoms with Crippen LogP contribution >= 0.6 is 22.9 Å². The lowest BCUT2D eigenvalue weighted by Crippen LogP contribution is -2.29. The summed E-state index contributed by atoms with van der Waals surface area (Å²) in [7, 11) is 0. The number of thiazole rings is 1. The van der Waals surface area contributed by atoms with Crippen molar-refractivity contribution in [2.24, 2.45) is 0 Å². The van der Waals surface area contributed by atoms with Crippen LogP contribution in [0.25, 0.3) is 16.0 Å². The zero-order valence-electron chi connectivity index (χ0n) is 22.4. The Hall–Kier alpha value is -4.34. The molecule has 0 radical (unpaired) electrons. The minimum atomic E-state index is -0.995. The van der Waals surface area contributed by atoms with Crippen molar-refractivity contribution < 1.29 is 28.9 Å². The van der Waals surface area contributed by atoms with Gasteiger partial charge in [-0.1, -0.05) is 41.7 Å². The molecule has 0 spiro atoms. The minimum absolute atomic E-state index is 0.0707. The van der Waals surface area contributed by atoms with E-state index in [1.807, 2.05) is 13.8 Å². The number of hydrogen-bond donors (Lipinski definition) is 1. The van der Waals surface area contributed by atoms with E-state index in [9.17, 15) is 14.7 Å². The number of ether oxygens (including phenoxy) is 3. The van der Waals surface area contributed by atoms with E-state index in [0.717, 1.165) is 4.70 Å². The van der Waals surface area contributed by atoms with Gasteiger partial charge in [-0.25, -0.2) is 4.98 Å². The Labute approximate surface area is 246 Å². The molecule has 0 aliphatic carbocycles. The number of carbonyl (C=O) groups excluding carboxylic acids is 2. The van der Waals surface area contributed by atoms with E-state index in [2.05, 4.69) is 11.6 Å². The molecule has 1 fully saturated rings. The molecule has 210 valence electrons. The quantitative estimate of drug-likeness (QED) is 0.0924. The molecule has 1 saturated heterocycles. The van der Waals surface area contributed by atoms with Crippen molar-refractivity contribution in [2.45, 2.75) is 19.9 Å². The Kier molecular flexibility index (Phi) is 8.28. The van der Waals surface area contributed by atoms with Gasteiger partial charge in [0.15, 0.2) is 16.6 Å². The molecule has 1 unspecified atom stereocenters. The third-order valence-corrected chi connectivity index (χ3v) is 7.62. The number of benzene rings is 3. The number of rotatable bonds is 10. The fourth-order valence-electron chi connectivity index (χ4n) is 4.60. The maximum Gasteiger partial charge on any atom is 0.301 e. The van der Waals surface area contributed by atoms with Crippen molar-refractivity contribution in [1.29, 1.82) is 0 Å². The van der Waals surface area contributed by atoms with Gasteiger partial charge in [-0.05, 0) is 74.0 Å². The van der Waals surface area contributed by atoms with Gasteiger partial charge in [0.1, 0.15) is 18.1 Å². The first-order chi connectivity index (χ1) is 19.9. The average molecular weight is 591 g/mol. The lowest BCUT2D eigenvalue weighted by molar-refractivity contribution is -0.132. The molecule has 0 saturated carbocycles. The number of amides is 1. The maximum atomic E-state index is 13.6. The van der Waals surface area contributed by atoms with Gasteiger partial charge in [0.05, 0.1) is 35.0 Å². The third kappa shape index (κ3) is 5.51. The van der Waals surface area contributed by atoms with Crippen molar-refractivity contribution in [1.82, 2.24) is 4.98 Å². The molecule has 0 bridgehead atoms. The van der Waals surface area contributed by atoms with E-state index in [1.54, 1.807) is 66.7 Å². The summed E-state index contributed by atoms with van der Waals surface area (Å²) in [6.07, 6.45) is 1.62. The molecule has 1 aliphatic rings. The largest absolute Gasteiger partial charge is 0.507 e. The van der Waals surface area contributed by atoms with Gasteiger partial charge in [-0.3, -0.25) is 14.5 Å². The van der Waals surface area contributed by atoms with Gasteiger partial charge < -0.3 is 19.3 Å². The average Bonchev–Trinajstić information content (AvgIpc) is 3.50. The highest BCUT2D eigenvalue weighted by Crippen LogP contribution is 2.46. The van der Waals surface area contributed by atoms with Crippen LogP contribution in [0.1, 0.15) is 31.0 Å². The maximum absolute atomic E-state index is 13.6. The van der Waals surface area contributed by atoms with Crippen molar-refractivity contribution in [3.63, 3.8) is 0 Å². The van der Waals surface area contributed by atoms with Crippen LogP contribution in [-0.2, 0) is 9.59 Å². The van der Waals surface area contributed by atoms with Crippen LogP contribution in [0.5, 0.6) is 17.2 Å². The van der Waals surface area contributed by atoms with Crippen LogP contribution in [0, 0.1) is 0 Å². The number of anilines is 1. The number of aliphatic hydroxyl groups is 1. The number of aromatic nitrogens is 1. The van der Waals surface area contributed by atoms with Crippen molar-refractivity contribution in [3.05, 3.63) is 95.0 Å². The van der Waals surface area contributed by atoms with E-state index in [0.29, 0.717) is 57.3 Å². The summed E-state index contributed by atoms with van der Waals surface area (Å²) in [6, 6.07) is 16.0. The van der Waals surface area contributed by atoms with Crippen molar-refractivity contribution in [3.8, 4) is 17.2 Å². The van der Waals surface area contributed by atoms with Crippen LogP contribution in [0.15, 0.2) is 78.9 Å². The standard InChI is InChI=1S/C31H27ClN2O6S/c1-4-15-40-23-14-9-19(16-24(23)39-6-3)27-26(28(35)18-7-11-21(12-8-18)38-5-2)29(36)30(37)34(27)31-33-22-13-10-20(32)17-25(22)41-31/h4,7-14,16-17,27,35H,1,5-6,15H2,2-3H3. The highest BCUT2D eigenvalue weighted by molar-refractivity contribution is 7.22. The summed E-state index contributed by atoms with van der Waals surface area (Å²) in [5, 5.41) is 12.3. The number of ketones is 1. The first kappa shape index (κ1) is 28.2. The van der Waals surface area contributed by atoms with E-state index >= 15 is 0 Å². The van der Waals surface area contributed by atoms with Gasteiger partial charge in [0, 0.05) is 10.6 Å². The van der Waals surface area contributed by atoms with Crippen LogP contribution in [0.4, 0.5) is 5.13 Å². The van der Waals surface area contributed by atoms with E-state index in [1.165, 1.54) is 16.2 Å². The molecule has 1 atom stereocenters. The molecular formula is C31H27ClN2O6S. The smallest absolute Gasteiger partial charge is 0.301 e. The fraction of sp³-hybridized carbons (Fsp3) is 0.194. The number of Topliss-reactive ketones (excluding diaryl/α,β-unsaturated/α-hetero) is 1. The van der Waals surface area contributed by atoms with Gasteiger partial charge in [-0.15, -0.1) is 0 Å². The number of halogens is 1. The molecule has 4 aromatic rings. The second-order valence-corrected chi connectivity index (χ2v) is 10.4. The van der Waals surface area contributed by atoms with Gasteiger partial charge in [0.25, 0.3) is 5.78 Å². The zero-order chi connectivity index (χ0) is 29.1. The molecule has 8 nitrogen and oxygen atoms in total. The highest BCUT2D eigenvalue weighted by atomic mass is 35.5. The lowest BCUT2D eigenvalue weighted by atomic mass is 9.95. The number of nitrogens with zero attached hydrogens (tertiary/aromatic N) is 2. The predicted molar refractivity (Wildman–Crippen MR) is 160 cm³/mol. The summed E-state index contributed by atoms with van der Waals surface area (Å²) in [6.45, 7) is 8.51. The van der Waals surface area contributed by atoms with Gasteiger partial charge >= 0.3 is 5.91 Å². The summed E-state index contributed by atoms with van der Waals surface area (Å²) >= 11 is 7.42. The van der Waals surface area contributed by atoms with Crippen LogP contribution in [0.3, 0.4) is 0 Å². The van der Waals surface area contributed by atoms with E-state index in [-0.39, 0.29) is 17.9 Å². The summed E-state index contributed by atoms with van der Waals surface area (Å²) in [4.78, 5) is 33.2. The van der Waals surface area contributed by atoms with Crippen molar-refractivity contribution >= 4 is 55.7 Å². The Balaban J connectivity index is 1.69. The minimum Gasteiger partial charge on any atom is -0.507 e. The Morgan fingerprint density at radius 3 is 2.49 bits per heavy atom. The number of carbonyl (C=O) groups is 2. The first-order valence-electron chi connectivity index (χ1n) is 13.0. The van der Waals surface area contributed by atoms with Gasteiger partial charge in [0.2, 0.25) is 0 Å². The topological polar surface area (TPSA) is 98.2 Å². The third-order valence-electron chi connectivity index (χ3n) is 6.37. The number of hydrogen-bond acceptors (Lipinski definition) is 8. The molecule has 3 aromatic carbocycles. The molecule has 1 aliphatic heterocycles. The predicted octanol–water partition coefficient (Wildman–Crippen LogP) is 6.94. The van der Waals surface area contributed by atoms with Crippen LogP contribution in [-0.4, -0.2) is 41.6 Å². The molecule has 1 N–H and O–H groups in total.